The van der Waals surface area contributed by atoms with Gasteiger partial charge in [-0.2, -0.15) is 0 Å². The van der Waals surface area contributed by atoms with E-state index < -0.39 is 74.6 Å². The standard InChI is InChI=1S/C12H22O11/c13-1-4-6(16)8(18)9(19)11(21-4)23-12(3-15)10(20)7(17)5(2-14)22-12/h4-11,13-20H,1-3H2/t4-,5-,6+,7-,8+,9+,10-,11-,12-/m1/s1. The molecule has 8 N–H and O–H groups in total. The molecule has 11 nitrogen and oxygen atoms in total. The molecule has 0 unspecified atom stereocenters. The van der Waals surface area contributed by atoms with Crippen LogP contribution in [0.15, 0.2) is 0 Å². The van der Waals surface area contributed by atoms with Crippen LogP contribution in [0.3, 0.4) is 0 Å². The van der Waals surface area contributed by atoms with Gasteiger partial charge >= 0.3 is 0 Å². The first-order valence-electron chi connectivity index (χ1n) is 7.05. The number of hydrogen-bond acceptors (Lipinski definition) is 11. The van der Waals surface area contributed by atoms with E-state index in [0.29, 0.717) is 0 Å². The zero-order chi connectivity index (χ0) is 17.4. The Balaban J connectivity index is 2.18. The number of hydrogen-bond donors (Lipinski definition) is 8. The first-order chi connectivity index (χ1) is 10.8. The predicted molar refractivity (Wildman–Crippen MR) is 68.6 cm³/mol. The fraction of sp³-hybridized carbons (Fsp3) is 1.00. The van der Waals surface area contributed by atoms with E-state index in [9.17, 15) is 30.6 Å². The molecule has 0 aliphatic carbocycles. The molecule has 2 rings (SSSR count). The highest BCUT2D eigenvalue weighted by Crippen LogP contribution is 2.35. The lowest BCUT2D eigenvalue weighted by atomic mass is 9.99. The highest BCUT2D eigenvalue weighted by molar-refractivity contribution is 4.98. The van der Waals surface area contributed by atoms with Gasteiger partial charge < -0.3 is 55.1 Å². The van der Waals surface area contributed by atoms with Gasteiger partial charge in [0.25, 0.3) is 0 Å². The van der Waals surface area contributed by atoms with E-state index in [-0.39, 0.29) is 0 Å². The van der Waals surface area contributed by atoms with Crippen molar-refractivity contribution >= 4 is 0 Å². The maximum atomic E-state index is 10.00. The predicted octanol–water partition coefficient (Wildman–Crippen LogP) is -5.40. The molecular weight excluding hydrogens is 320 g/mol. The Hall–Kier alpha value is -0.440. The molecule has 0 aromatic carbocycles. The summed E-state index contributed by atoms with van der Waals surface area (Å²) in [6, 6.07) is 0. The van der Waals surface area contributed by atoms with Crippen LogP contribution in [0.5, 0.6) is 0 Å². The topological polar surface area (TPSA) is 190 Å². The van der Waals surface area contributed by atoms with E-state index >= 15 is 0 Å². The van der Waals surface area contributed by atoms with Gasteiger partial charge in [0.05, 0.1) is 13.2 Å². The van der Waals surface area contributed by atoms with Crippen LogP contribution < -0.4 is 0 Å². The Morgan fingerprint density at radius 3 is 1.87 bits per heavy atom. The van der Waals surface area contributed by atoms with E-state index in [1.165, 1.54) is 0 Å². The lowest BCUT2D eigenvalue weighted by Gasteiger charge is -2.43. The van der Waals surface area contributed by atoms with Gasteiger partial charge in [0.1, 0.15) is 49.3 Å². The van der Waals surface area contributed by atoms with E-state index in [2.05, 4.69) is 0 Å². The first-order valence-corrected chi connectivity index (χ1v) is 7.05. The van der Waals surface area contributed by atoms with Crippen molar-refractivity contribution < 1.29 is 55.1 Å². The molecule has 2 heterocycles. The van der Waals surface area contributed by atoms with Gasteiger partial charge in [0, 0.05) is 0 Å². The third kappa shape index (κ3) is 3.23. The molecule has 0 bridgehead atoms. The molecule has 23 heavy (non-hydrogen) atoms. The van der Waals surface area contributed by atoms with Crippen LogP contribution in [0.4, 0.5) is 0 Å². The molecule has 0 spiro atoms. The fourth-order valence-corrected chi connectivity index (χ4v) is 2.63. The number of aliphatic hydroxyl groups is 8. The quantitative estimate of drug-likeness (QED) is 0.238. The molecule has 0 aromatic rings. The molecule has 0 aromatic heterocycles. The second kappa shape index (κ2) is 7.21. The van der Waals surface area contributed by atoms with Gasteiger partial charge in [0.15, 0.2) is 6.29 Å². The molecule has 0 radical (unpaired) electrons. The van der Waals surface area contributed by atoms with Gasteiger partial charge in [-0.25, -0.2) is 0 Å². The Bertz CT molecular complexity index is 393. The molecule has 9 atom stereocenters. The summed E-state index contributed by atoms with van der Waals surface area (Å²) >= 11 is 0. The Labute approximate surface area is 130 Å². The van der Waals surface area contributed by atoms with Gasteiger partial charge in [-0.05, 0) is 0 Å². The van der Waals surface area contributed by atoms with E-state index in [1.54, 1.807) is 0 Å². The number of rotatable bonds is 5. The van der Waals surface area contributed by atoms with E-state index in [0.717, 1.165) is 0 Å². The van der Waals surface area contributed by atoms with E-state index in [4.69, 9.17) is 24.4 Å². The summed E-state index contributed by atoms with van der Waals surface area (Å²) in [7, 11) is 0. The normalized spacial score (nSPS) is 51.1. The van der Waals surface area contributed by atoms with Crippen molar-refractivity contribution in [3.05, 3.63) is 0 Å². The number of aliphatic hydroxyl groups excluding tert-OH is 8. The molecule has 2 fully saturated rings. The summed E-state index contributed by atoms with van der Waals surface area (Å²) in [6.45, 7) is -2.32. The minimum Gasteiger partial charge on any atom is -0.394 e. The monoisotopic (exact) mass is 342 g/mol. The summed E-state index contributed by atoms with van der Waals surface area (Å²) in [5.41, 5.74) is 0. The van der Waals surface area contributed by atoms with Crippen molar-refractivity contribution in [3.63, 3.8) is 0 Å². The molecule has 0 saturated carbocycles. The lowest BCUT2D eigenvalue weighted by molar-refractivity contribution is -0.383. The van der Waals surface area contributed by atoms with Crippen LogP contribution >= 0.6 is 0 Å². The molecule has 11 heteroatoms. The van der Waals surface area contributed by atoms with Gasteiger partial charge in [-0.3, -0.25) is 0 Å². The summed E-state index contributed by atoms with van der Waals surface area (Å²) in [4.78, 5) is 0. The summed E-state index contributed by atoms with van der Waals surface area (Å²) < 4.78 is 15.4. The van der Waals surface area contributed by atoms with Gasteiger partial charge in [0.2, 0.25) is 5.79 Å². The van der Waals surface area contributed by atoms with Crippen molar-refractivity contribution in [2.24, 2.45) is 0 Å². The summed E-state index contributed by atoms with van der Waals surface area (Å²) in [6.07, 6.45) is -12.7. The highest BCUT2D eigenvalue weighted by Gasteiger charge is 2.58. The molecule has 0 amide bonds. The van der Waals surface area contributed by atoms with E-state index in [1.807, 2.05) is 0 Å². The number of ether oxygens (including phenoxy) is 3. The minimum atomic E-state index is -2.22. The summed E-state index contributed by atoms with van der Waals surface area (Å²) in [5.74, 6) is -2.22. The second-order valence-corrected chi connectivity index (χ2v) is 5.56. The fourth-order valence-electron chi connectivity index (χ4n) is 2.63. The molecular formula is C12H22O11. The van der Waals surface area contributed by atoms with Crippen LogP contribution in [-0.2, 0) is 14.2 Å². The van der Waals surface area contributed by atoms with Crippen LogP contribution in [0.1, 0.15) is 0 Å². The van der Waals surface area contributed by atoms with Crippen molar-refractivity contribution in [1.29, 1.82) is 0 Å². The molecule has 2 aliphatic heterocycles. The van der Waals surface area contributed by atoms with Gasteiger partial charge in [-0.15, -0.1) is 0 Å². The third-order valence-electron chi connectivity index (χ3n) is 4.07. The first kappa shape index (κ1) is 18.9. The average Bonchev–Trinajstić information content (AvgIpc) is 2.80. The SMILES string of the molecule is OC[C@H]1O[C@H](O[C@@]2(CO)O[C@H](CO)[C@@H](O)[C@H]2O)[C@@H](O)[C@@H](O)[C@H]1O. The zero-order valence-corrected chi connectivity index (χ0v) is 12.0. The Kier molecular flexibility index (Phi) is 5.92. The summed E-state index contributed by atoms with van der Waals surface area (Å²) in [5, 5.41) is 76.7. The van der Waals surface area contributed by atoms with Crippen molar-refractivity contribution in [2.75, 3.05) is 19.8 Å². The smallest absolute Gasteiger partial charge is 0.224 e. The van der Waals surface area contributed by atoms with Crippen LogP contribution in [0.25, 0.3) is 0 Å². The van der Waals surface area contributed by atoms with Crippen molar-refractivity contribution in [3.8, 4) is 0 Å². The maximum absolute atomic E-state index is 10.00. The molecule has 136 valence electrons. The Morgan fingerprint density at radius 1 is 0.783 bits per heavy atom. The van der Waals surface area contributed by atoms with Crippen LogP contribution in [-0.4, -0.2) is 115 Å². The van der Waals surface area contributed by atoms with Crippen LogP contribution in [0, 0.1) is 0 Å². The third-order valence-corrected chi connectivity index (χ3v) is 4.07. The lowest BCUT2D eigenvalue weighted by Crippen LogP contribution is -2.62. The Morgan fingerprint density at radius 2 is 1.39 bits per heavy atom. The highest BCUT2D eigenvalue weighted by atomic mass is 16.8. The minimum absolute atomic E-state index is 0.669. The average molecular weight is 342 g/mol. The zero-order valence-electron chi connectivity index (χ0n) is 12.0. The maximum Gasteiger partial charge on any atom is 0.224 e. The largest absolute Gasteiger partial charge is 0.394 e. The second-order valence-electron chi connectivity index (χ2n) is 5.56. The van der Waals surface area contributed by atoms with Crippen LogP contribution in [0.2, 0.25) is 0 Å². The van der Waals surface area contributed by atoms with Crippen molar-refractivity contribution in [2.45, 2.75) is 54.8 Å². The molecule has 2 saturated heterocycles. The molecule has 2 aliphatic rings. The van der Waals surface area contributed by atoms with Gasteiger partial charge in [-0.1, -0.05) is 0 Å². The van der Waals surface area contributed by atoms with Crippen molar-refractivity contribution in [1.82, 2.24) is 0 Å².